The Hall–Kier alpha value is -1.25. The zero-order valence-electron chi connectivity index (χ0n) is 12.1. The van der Waals surface area contributed by atoms with Crippen molar-refractivity contribution in [1.82, 2.24) is 5.32 Å². The van der Waals surface area contributed by atoms with Gasteiger partial charge in [-0.3, -0.25) is 0 Å². The van der Waals surface area contributed by atoms with Crippen molar-refractivity contribution in [3.63, 3.8) is 0 Å². The van der Waals surface area contributed by atoms with Crippen molar-refractivity contribution in [2.75, 3.05) is 6.61 Å². The molecule has 0 aromatic rings. The SMILES string of the molecule is C=CC[C@@]1(C=CCCCCCCCC)COC(=O)N1. The molecule has 1 N–H and O–H groups in total. The molecular weight excluding hydrogens is 238 g/mol. The van der Waals surface area contributed by atoms with Crippen LogP contribution in [0.1, 0.15) is 58.3 Å². The van der Waals surface area contributed by atoms with Crippen molar-refractivity contribution < 1.29 is 9.53 Å². The summed E-state index contributed by atoms with van der Waals surface area (Å²) in [4.78, 5) is 11.2. The van der Waals surface area contributed by atoms with Gasteiger partial charge in [-0.05, 0) is 19.3 Å². The molecule has 0 bridgehead atoms. The second-order valence-electron chi connectivity index (χ2n) is 5.31. The number of rotatable bonds is 10. The van der Waals surface area contributed by atoms with Gasteiger partial charge < -0.3 is 10.1 Å². The van der Waals surface area contributed by atoms with E-state index in [1.807, 2.05) is 6.08 Å². The van der Waals surface area contributed by atoms with Gasteiger partial charge in [0.05, 0.1) is 5.54 Å². The van der Waals surface area contributed by atoms with Gasteiger partial charge in [-0.15, -0.1) is 6.58 Å². The summed E-state index contributed by atoms with van der Waals surface area (Å²) in [5, 5.41) is 2.87. The summed E-state index contributed by atoms with van der Waals surface area (Å²) in [6.45, 7) is 6.38. The second-order valence-corrected chi connectivity index (χ2v) is 5.31. The molecule has 1 amide bonds. The molecule has 3 heteroatoms. The summed E-state index contributed by atoms with van der Waals surface area (Å²) in [5.74, 6) is 0. The zero-order chi connectivity index (χ0) is 14.0. The summed E-state index contributed by atoms with van der Waals surface area (Å²) >= 11 is 0. The molecule has 0 aromatic heterocycles. The van der Waals surface area contributed by atoms with Crippen LogP contribution in [0.15, 0.2) is 24.8 Å². The van der Waals surface area contributed by atoms with Crippen LogP contribution in [0.3, 0.4) is 0 Å². The molecule has 1 aliphatic rings. The van der Waals surface area contributed by atoms with Crippen molar-refractivity contribution in [3.05, 3.63) is 24.8 Å². The van der Waals surface area contributed by atoms with Gasteiger partial charge in [0.1, 0.15) is 6.61 Å². The fourth-order valence-electron chi connectivity index (χ4n) is 2.35. The smallest absolute Gasteiger partial charge is 0.408 e. The van der Waals surface area contributed by atoms with E-state index in [0.29, 0.717) is 13.0 Å². The van der Waals surface area contributed by atoms with E-state index in [1.54, 1.807) is 0 Å². The molecule has 1 fully saturated rings. The molecule has 1 saturated heterocycles. The van der Waals surface area contributed by atoms with Crippen molar-refractivity contribution >= 4 is 6.09 Å². The molecule has 0 radical (unpaired) electrons. The number of unbranched alkanes of at least 4 members (excludes halogenated alkanes) is 6. The number of ether oxygens (including phenoxy) is 1. The third-order valence-corrected chi connectivity index (χ3v) is 3.48. The molecule has 0 aliphatic carbocycles. The number of alkyl carbamates (subject to hydrolysis) is 1. The minimum absolute atomic E-state index is 0.328. The first-order valence-corrected chi connectivity index (χ1v) is 7.46. The van der Waals surface area contributed by atoms with E-state index in [2.05, 4.69) is 31.0 Å². The van der Waals surface area contributed by atoms with E-state index >= 15 is 0 Å². The Morgan fingerprint density at radius 1 is 1.32 bits per heavy atom. The number of hydrogen-bond acceptors (Lipinski definition) is 2. The van der Waals surface area contributed by atoms with Crippen LogP contribution in [0.4, 0.5) is 4.79 Å². The molecule has 0 saturated carbocycles. The van der Waals surface area contributed by atoms with Crippen LogP contribution in [-0.4, -0.2) is 18.2 Å². The number of nitrogens with one attached hydrogen (secondary N) is 1. The zero-order valence-corrected chi connectivity index (χ0v) is 12.1. The lowest BCUT2D eigenvalue weighted by atomic mass is 9.96. The lowest BCUT2D eigenvalue weighted by molar-refractivity contribution is 0.174. The third kappa shape index (κ3) is 5.95. The lowest BCUT2D eigenvalue weighted by Crippen LogP contribution is -2.40. The average Bonchev–Trinajstić information content (AvgIpc) is 2.75. The molecule has 108 valence electrons. The van der Waals surface area contributed by atoms with Gasteiger partial charge in [0, 0.05) is 0 Å². The second kappa shape index (κ2) is 8.78. The molecule has 1 rings (SSSR count). The van der Waals surface area contributed by atoms with E-state index in [1.165, 1.54) is 38.5 Å². The minimum atomic E-state index is -0.360. The highest BCUT2D eigenvalue weighted by Gasteiger charge is 2.35. The number of carbonyl (C=O) groups is 1. The van der Waals surface area contributed by atoms with Crippen LogP contribution in [0.2, 0.25) is 0 Å². The molecule has 1 heterocycles. The Labute approximate surface area is 117 Å². The first kappa shape index (κ1) is 15.8. The maximum Gasteiger partial charge on any atom is 0.408 e. The minimum Gasteiger partial charge on any atom is -0.447 e. The van der Waals surface area contributed by atoms with Gasteiger partial charge in [0.25, 0.3) is 0 Å². The Balaban J connectivity index is 2.21. The van der Waals surface area contributed by atoms with E-state index in [9.17, 15) is 4.79 Å². The Bertz CT molecular complexity index is 312. The number of carbonyl (C=O) groups excluding carboxylic acids is 1. The molecular formula is C16H27NO2. The van der Waals surface area contributed by atoms with Gasteiger partial charge >= 0.3 is 6.09 Å². The first-order chi connectivity index (χ1) is 9.22. The van der Waals surface area contributed by atoms with Crippen molar-refractivity contribution in [3.8, 4) is 0 Å². The van der Waals surface area contributed by atoms with Crippen LogP contribution in [0.5, 0.6) is 0 Å². The molecule has 1 aliphatic heterocycles. The van der Waals surface area contributed by atoms with Crippen molar-refractivity contribution in [2.45, 2.75) is 63.8 Å². The van der Waals surface area contributed by atoms with Crippen LogP contribution in [0, 0.1) is 0 Å². The summed E-state index contributed by atoms with van der Waals surface area (Å²) in [5.41, 5.74) is -0.360. The Morgan fingerprint density at radius 3 is 2.68 bits per heavy atom. The van der Waals surface area contributed by atoms with Crippen LogP contribution in [0.25, 0.3) is 0 Å². The predicted octanol–water partition coefficient (Wildman–Crippen LogP) is 4.35. The third-order valence-electron chi connectivity index (χ3n) is 3.48. The Kier molecular flexibility index (Phi) is 7.31. The fourth-order valence-corrected chi connectivity index (χ4v) is 2.35. The number of hydrogen-bond donors (Lipinski definition) is 1. The first-order valence-electron chi connectivity index (χ1n) is 7.46. The van der Waals surface area contributed by atoms with E-state index < -0.39 is 0 Å². The molecule has 0 aromatic carbocycles. The summed E-state index contributed by atoms with van der Waals surface area (Å²) < 4.78 is 4.99. The monoisotopic (exact) mass is 265 g/mol. The topological polar surface area (TPSA) is 38.3 Å². The molecule has 1 atom stereocenters. The standard InChI is InChI=1S/C16H27NO2/c1-3-5-6-7-8-9-10-11-13-16(12-4-2)14-19-15(18)17-16/h4,11,13H,2-3,5-10,12,14H2,1H3,(H,17,18)/t16-/m1/s1. The van der Waals surface area contributed by atoms with E-state index in [-0.39, 0.29) is 11.6 Å². The largest absolute Gasteiger partial charge is 0.447 e. The molecule has 0 unspecified atom stereocenters. The highest BCUT2D eigenvalue weighted by Crippen LogP contribution is 2.20. The van der Waals surface area contributed by atoms with Crippen LogP contribution >= 0.6 is 0 Å². The Morgan fingerprint density at radius 2 is 2.05 bits per heavy atom. The maximum absolute atomic E-state index is 11.2. The van der Waals surface area contributed by atoms with Gasteiger partial charge in [0.15, 0.2) is 0 Å². The predicted molar refractivity (Wildman–Crippen MR) is 79.2 cm³/mol. The quantitative estimate of drug-likeness (QED) is 0.471. The summed E-state index contributed by atoms with van der Waals surface area (Å²) in [7, 11) is 0. The van der Waals surface area contributed by atoms with Crippen molar-refractivity contribution in [1.29, 1.82) is 0 Å². The molecule has 19 heavy (non-hydrogen) atoms. The lowest BCUT2D eigenvalue weighted by Gasteiger charge is -2.20. The summed E-state index contributed by atoms with van der Waals surface area (Å²) in [6.07, 6.45) is 15.4. The number of cyclic esters (lactones) is 1. The summed E-state index contributed by atoms with van der Waals surface area (Å²) in [6, 6.07) is 0. The highest BCUT2D eigenvalue weighted by molar-refractivity contribution is 5.71. The van der Waals surface area contributed by atoms with E-state index in [0.717, 1.165) is 6.42 Å². The maximum atomic E-state index is 11.2. The average molecular weight is 265 g/mol. The van der Waals surface area contributed by atoms with Crippen LogP contribution < -0.4 is 5.32 Å². The van der Waals surface area contributed by atoms with Gasteiger partial charge in [-0.1, -0.05) is 57.3 Å². The van der Waals surface area contributed by atoms with Crippen molar-refractivity contribution in [2.24, 2.45) is 0 Å². The molecule has 0 spiro atoms. The van der Waals surface area contributed by atoms with Gasteiger partial charge in [-0.25, -0.2) is 4.79 Å². The van der Waals surface area contributed by atoms with Gasteiger partial charge in [0.2, 0.25) is 0 Å². The van der Waals surface area contributed by atoms with Crippen LogP contribution in [-0.2, 0) is 4.74 Å². The molecule has 3 nitrogen and oxygen atoms in total. The number of allylic oxidation sites excluding steroid dienone is 1. The number of amides is 1. The highest BCUT2D eigenvalue weighted by atomic mass is 16.6. The van der Waals surface area contributed by atoms with E-state index in [4.69, 9.17) is 4.74 Å². The van der Waals surface area contributed by atoms with Gasteiger partial charge in [-0.2, -0.15) is 0 Å². The fraction of sp³-hybridized carbons (Fsp3) is 0.688. The normalized spacial score (nSPS) is 22.5.